The maximum atomic E-state index is 6.60. The summed E-state index contributed by atoms with van der Waals surface area (Å²) in [6.45, 7) is 0. The summed E-state index contributed by atoms with van der Waals surface area (Å²) >= 11 is 12.9. The van der Waals surface area contributed by atoms with Crippen molar-refractivity contribution in [2.45, 2.75) is 0 Å². The molecule has 0 unspecified atom stereocenters. The van der Waals surface area contributed by atoms with Crippen LogP contribution in [-0.2, 0) is 0 Å². The molecule has 0 aliphatic carbocycles. The normalized spacial score (nSPS) is 11.3. The minimum absolute atomic E-state index is 0.635. The van der Waals surface area contributed by atoms with Crippen molar-refractivity contribution in [3.05, 3.63) is 101 Å². The highest BCUT2D eigenvalue weighted by atomic mass is 35.5. The smallest absolute Gasteiger partial charge is 0.0570 e. The Morgan fingerprint density at radius 3 is 2.04 bits per heavy atom. The molecule has 4 aromatic carbocycles. The topological polar surface area (TPSA) is 4.93 Å². The first-order chi connectivity index (χ1) is 13.2. The molecule has 0 bridgehead atoms. The maximum Gasteiger partial charge on any atom is 0.0570 e. The van der Waals surface area contributed by atoms with Crippen LogP contribution >= 0.6 is 23.2 Å². The molecular formula is C24H15Cl2N. The zero-order valence-corrected chi connectivity index (χ0v) is 15.9. The van der Waals surface area contributed by atoms with Gasteiger partial charge in [0.25, 0.3) is 0 Å². The SMILES string of the molecule is Clc1cc(Cl)c2c3ccc(-c4ccccc4)cc3n(-c3ccccc3)c2c1. The molecule has 5 aromatic rings. The van der Waals surface area contributed by atoms with E-state index >= 15 is 0 Å². The summed E-state index contributed by atoms with van der Waals surface area (Å²) < 4.78 is 2.23. The zero-order chi connectivity index (χ0) is 18.4. The number of rotatable bonds is 2. The number of para-hydroxylation sites is 1. The standard InChI is InChI=1S/C24H15Cl2N/c25-18-14-21(26)24-20-12-11-17(16-7-3-1-4-8-16)13-22(20)27(23(24)15-18)19-9-5-2-6-10-19/h1-15H. The lowest BCUT2D eigenvalue weighted by Crippen LogP contribution is -1.93. The van der Waals surface area contributed by atoms with Gasteiger partial charge in [-0.2, -0.15) is 0 Å². The third kappa shape index (κ3) is 2.71. The van der Waals surface area contributed by atoms with E-state index in [1.165, 1.54) is 11.1 Å². The fourth-order valence-electron chi connectivity index (χ4n) is 3.73. The first-order valence-electron chi connectivity index (χ1n) is 8.76. The minimum Gasteiger partial charge on any atom is -0.309 e. The highest BCUT2D eigenvalue weighted by molar-refractivity contribution is 6.40. The van der Waals surface area contributed by atoms with Gasteiger partial charge < -0.3 is 4.57 Å². The van der Waals surface area contributed by atoms with Gasteiger partial charge in [-0.15, -0.1) is 0 Å². The van der Waals surface area contributed by atoms with E-state index in [1.807, 2.05) is 36.4 Å². The molecule has 130 valence electrons. The molecule has 5 rings (SSSR count). The third-order valence-electron chi connectivity index (χ3n) is 4.90. The van der Waals surface area contributed by atoms with Gasteiger partial charge in [0.2, 0.25) is 0 Å². The maximum absolute atomic E-state index is 6.60. The van der Waals surface area contributed by atoms with Gasteiger partial charge in [-0.05, 0) is 41.5 Å². The largest absolute Gasteiger partial charge is 0.309 e. The van der Waals surface area contributed by atoms with E-state index in [9.17, 15) is 0 Å². The van der Waals surface area contributed by atoms with Crippen molar-refractivity contribution < 1.29 is 0 Å². The number of hydrogen-bond acceptors (Lipinski definition) is 0. The average molecular weight is 388 g/mol. The number of halogens is 2. The van der Waals surface area contributed by atoms with E-state index in [2.05, 4.69) is 59.2 Å². The number of nitrogens with zero attached hydrogens (tertiary/aromatic N) is 1. The molecule has 0 fully saturated rings. The van der Waals surface area contributed by atoms with Gasteiger partial charge in [0.1, 0.15) is 0 Å². The predicted octanol–water partition coefficient (Wildman–Crippen LogP) is 7.76. The second-order valence-electron chi connectivity index (χ2n) is 6.55. The molecule has 0 amide bonds. The minimum atomic E-state index is 0.635. The molecule has 1 aromatic heterocycles. The summed E-state index contributed by atoms with van der Waals surface area (Å²) in [7, 11) is 0. The van der Waals surface area contributed by atoms with Crippen LogP contribution in [-0.4, -0.2) is 4.57 Å². The fourth-order valence-corrected chi connectivity index (χ4v) is 4.31. The first-order valence-corrected chi connectivity index (χ1v) is 9.52. The third-order valence-corrected chi connectivity index (χ3v) is 5.42. The van der Waals surface area contributed by atoms with Crippen LogP contribution < -0.4 is 0 Å². The summed E-state index contributed by atoms with van der Waals surface area (Å²) in [4.78, 5) is 0. The van der Waals surface area contributed by atoms with Crippen LogP contribution in [0.3, 0.4) is 0 Å². The molecule has 0 atom stereocenters. The van der Waals surface area contributed by atoms with Gasteiger partial charge in [0.05, 0.1) is 16.1 Å². The number of aromatic nitrogens is 1. The quantitative estimate of drug-likeness (QED) is 0.291. The molecule has 0 N–H and O–H groups in total. The van der Waals surface area contributed by atoms with Gasteiger partial charge in [-0.3, -0.25) is 0 Å². The van der Waals surface area contributed by atoms with Crippen molar-refractivity contribution in [3.63, 3.8) is 0 Å². The Morgan fingerprint density at radius 2 is 1.30 bits per heavy atom. The van der Waals surface area contributed by atoms with Gasteiger partial charge >= 0.3 is 0 Å². The molecule has 0 aliphatic rings. The lowest BCUT2D eigenvalue weighted by atomic mass is 10.0. The molecule has 1 nitrogen and oxygen atoms in total. The van der Waals surface area contributed by atoms with E-state index in [4.69, 9.17) is 23.2 Å². The monoisotopic (exact) mass is 387 g/mol. The first kappa shape index (κ1) is 16.4. The summed E-state index contributed by atoms with van der Waals surface area (Å²) in [6.07, 6.45) is 0. The summed E-state index contributed by atoms with van der Waals surface area (Å²) in [5.41, 5.74) is 5.57. The van der Waals surface area contributed by atoms with Crippen LogP contribution in [0.5, 0.6) is 0 Å². The Labute approximate surface area is 167 Å². The lowest BCUT2D eigenvalue weighted by molar-refractivity contribution is 1.18. The van der Waals surface area contributed by atoms with Crippen molar-refractivity contribution in [2.24, 2.45) is 0 Å². The van der Waals surface area contributed by atoms with Gasteiger partial charge in [-0.25, -0.2) is 0 Å². The molecule has 0 radical (unpaired) electrons. The molecule has 0 saturated carbocycles. The molecular weight excluding hydrogens is 373 g/mol. The fraction of sp³-hybridized carbons (Fsp3) is 0. The summed E-state index contributed by atoms with van der Waals surface area (Å²) in [5.74, 6) is 0. The molecule has 1 heterocycles. The molecule has 27 heavy (non-hydrogen) atoms. The second kappa shape index (κ2) is 6.45. The van der Waals surface area contributed by atoms with Crippen LogP contribution in [0.1, 0.15) is 0 Å². The zero-order valence-electron chi connectivity index (χ0n) is 14.4. The lowest BCUT2D eigenvalue weighted by Gasteiger charge is -2.09. The Bertz CT molecular complexity index is 1270. The highest BCUT2D eigenvalue weighted by Gasteiger charge is 2.16. The van der Waals surface area contributed by atoms with E-state index in [0.717, 1.165) is 27.5 Å². The number of benzene rings is 4. The Morgan fingerprint density at radius 1 is 0.593 bits per heavy atom. The van der Waals surface area contributed by atoms with Gasteiger partial charge in [0.15, 0.2) is 0 Å². The van der Waals surface area contributed by atoms with Crippen LogP contribution in [0, 0.1) is 0 Å². The Kier molecular flexibility index (Phi) is 3.93. The molecule has 0 spiro atoms. The number of hydrogen-bond donors (Lipinski definition) is 0. The van der Waals surface area contributed by atoms with Crippen LogP contribution in [0.25, 0.3) is 38.6 Å². The Balaban J connectivity index is 1.93. The van der Waals surface area contributed by atoms with Crippen molar-refractivity contribution in [3.8, 4) is 16.8 Å². The summed E-state index contributed by atoms with van der Waals surface area (Å²) in [5, 5.41) is 3.45. The second-order valence-corrected chi connectivity index (χ2v) is 7.39. The molecule has 0 saturated heterocycles. The van der Waals surface area contributed by atoms with Crippen molar-refractivity contribution in [1.82, 2.24) is 4.57 Å². The highest BCUT2D eigenvalue weighted by Crippen LogP contribution is 2.39. The molecule has 0 aliphatic heterocycles. The van der Waals surface area contributed by atoms with E-state index < -0.39 is 0 Å². The number of fused-ring (bicyclic) bond motifs is 3. The van der Waals surface area contributed by atoms with Crippen LogP contribution in [0.2, 0.25) is 10.0 Å². The Hall–Kier alpha value is -2.74. The summed E-state index contributed by atoms with van der Waals surface area (Å²) in [6, 6.07) is 31.0. The van der Waals surface area contributed by atoms with E-state index in [1.54, 1.807) is 0 Å². The van der Waals surface area contributed by atoms with E-state index in [-0.39, 0.29) is 0 Å². The van der Waals surface area contributed by atoms with E-state index in [0.29, 0.717) is 10.0 Å². The van der Waals surface area contributed by atoms with Gasteiger partial charge in [-0.1, -0.05) is 83.9 Å². The average Bonchev–Trinajstić information content (AvgIpc) is 3.02. The predicted molar refractivity (Wildman–Crippen MR) is 116 cm³/mol. The van der Waals surface area contributed by atoms with Gasteiger partial charge in [0, 0.05) is 21.5 Å². The van der Waals surface area contributed by atoms with Crippen molar-refractivity contribution in [2.75, 3.05) is 0 Å². The van der Waals surface area contributed by atoms with Crippen LogP contribution in [0.15, 0.2) is 91.0 Å². The van der Waals surface area contributed by atoms with Crippen molar-refractivity contribution in [1.29, 1.82) is 0 Å². The van der Waals surface area contributed by atoms with Crippen LogP contribution in [0.4, 0.5) is 0 Å². The molecule has 3 heteroatoms. The van der Waals surface area contributed by atoms with Crippen molar-refractivity contribution >= 4 is 45.0 Å².